The zero-order valence-corrected chi connectivity index (χ0v) is 22.0. The zero-order chi connectivity index (χ0) is 27.4. The summed E-state index contributed by atoms with van der Waals surface area (Å²) in [6.45, 7) is 4.14. The average molecular weight is 554 g/mol. The molecule has 0 radical (unpaired) electrons. The second-order valence-corrected chi connectivity index (χ2v) is 9.93. The molecule has 4 aromatic carbocycles. The number of phenolic OH excluding ortho intramolecular Hbond substituents is 1. The van der Waals surface area contributed by atoms with E-state index >= 15 is 0 Å². The van der Waals surface area contributed by atoms with Crippen molar-refractivity contribution in [3.63, 3.8) is 0 Å². The van der Waals surface area contributed by atoms with Crippen LogP contribution in [0.2, 0.25) is 5.02 Å². The summed E-state index contributed by atoms with van der Waals surface area (Å²) in [6, 6.07) is 17.9. The van der Waals surface area contributed by atoms with Crippen molar-refractivity contribution in [1.29, 1.82) is 0 Å². The molecule has 0 aliphatic heterocycles. The molecule has 3 N–H and O–H groups in total. The number of amides is 1. The largest absolute Gasteiger partial charge is 0.505 e. The van der Waals surface area contributed by atoms with E-state index in [4.69, 9.17) is 16.3 Å². The van der Waals surface area contributed by atoms with Crippen molar-refractivity contribution in [1.82, 2.24) is 0 Å². The van der Waals surface area contributed by atoms with Crippen molar-refractivity contribution in [2.75, 3.05) is 11.9 Å². The molecule has 1 amide bonds. The lowest BCUT2D eigenvalue weighted by molar-refractivity contribution is 0.102. The Hall–Kier alpha value is -3.99. The normalized spacial score (nSPS) is 11.7. The number of nitrogens with zero attached hydrogens (tertiary/aromatic N) is 2. The number of nitrogens with one attached hydrogen (secondary N) is 1. The minimum atomic E-state index is -4.53. The van der Waals surface area contributed by atoms with Gasteiger partial charge in [0.05, 0.1) is 22.9 Å². The number of carbonyl (C=O) groups is 1. The van der Waals surface area contributed by atoms with E-state index in [1.807, 2.05) is 6.92 Å². The van der Waals surface area contributed by atoms with Crippen LogP contribution in [0, 0.1) is 0 Å². The predicted octanol–water partition coefficient (Wildman–Crippen LogP) is 7.07. The number of rotatable bonds is 8. The summed E-state index contributed by atoms with van der Waals surface area (Å²) >= 11 is 6.23. The monoisotopic (exact) mass is 553 g/mol. The molecule has 0 saturated heterocycles. The van der Waals surface area contributed by atoms with Gasteiger partial charge in [-0.2, -0.15) is 13.5 Å². The Morgan fingerprint density at radius 2 is 1.74 bits per heavy atom. The first kappa shape index (κ1) is 27.1. The van der Waals surface area contributed by atoms with Gasteiger partial charge in [-0.05, 0) is 66.8 Å². The van der Waals surface area contributed by atoms with Gasteiger partial charge in [0.25, 0.3) is 16.0 Å². The van der Waals surface area contributed by atoms with E-state index in [9.17, 15) is 22.9 Å². The van der Waals surface area contributed by atoms with Gasteiger partial charge < -0.3 is 15.2 Å². The number of fused-ring (bicyclic) bond motifs is 1. The Morgan fingerprint density at radius 1 is 1.03 bits per heavy atom. The number of hydrogen-bond donors (Lipinski definition) is 3. The molecule has 0 fully saturated rings. The van der Waals surface area contributed by atoms with Crippen LogP contribution in [0.15, 0.2) is 81.9 Å². The van der Waals surface area contributed by atoms with Crippen LogP contribution in [0.1, 0.15) is 29.8 Å². The maximum absolute atomic E-state index is 13.1. The fourth-order valence-electron chi connectivity index (χ4n) is 3.91. The van der Waals surface area contributed by atoms with E-state index in [2.05, 4.69) is 15.5 Å². The molecule has 9 nitrogen and oxygen atoms in total. The second-order valence-electron chi connectivity index (χ2n) is 8.16. The van der Waals surface area contributed by atoms with Gasteiger partial charge in [-0.3, -0.25) is 9.35 Å². The molecule has 38 heavy (non-hydrogen) atoms. The van der Waals surface area contributed by atoms with Gasteiger partial charge >= 0.3 is 0 Å². The number of halogens is 1. The van der Waals surface area contributed by atoms with Gasteiger partial charge in [0.2, 0.25) is 0 Å². The highest BCUT2D eigenvalue weighted by Crippen LogP contribution is 2.41. The highest BCUT2D eigenvalue weighted by Gasteiger charge is 2.21. The molecule has 0 aliphatic rings. The highest BCUT2D eigenvalue weighted by molar-refractivity contribution is 7.86. The smallest absolute Gasteiger partial charge is 0.296 e. The lowest BCUT2D eigenvalue weighted by Crippen LogP contribution is -2.12. The van der Waals surface area contributed by atoms with Crippen molar-refractivity contribution in [2.24, 2.45) is 10.2 Å². The summed E-state index contributed by atoms with van der Waals surface area (Å²) < 4.78 is 38.1. The molecule has 4 aromatic rings. The van der Waals surface area contributed by atoms with E-state index < -0.39 is 20.9 Å². The average Bonchev–Trinajstić information content (AvgIpc) is 2.88. The maximum Gasteiger partial charge on any atom is 0.296 e. The number of carbonyl (C=O) groups excluding carboxylic acids is 1. The van der Waals surface area contributed by atoms with Gasteiger partial charge in [0, 0.05) is 11.1 Å². The minimum Gasteiger partial charge on any atom is -0.505 e. The van der Waals surface area contributed by atoms with Gasteiger partial charge in [0.1, 0.15) is 16.3 Å². The lowest BCUT2D eigenvalue weighted by atomic mass is 10.0. The number of azo groups is 1. The summed E-state index contributed by atoms with van der Waals surface area (Å²) in [4.78, 5) is 12.7. The Labute approximate surface area is 224 Å². The topological polar surface area (TPSA) is 138 Å². The van der Waals surface area contributed by atoms with E-state index in [1.165, 1.54) is 6.07 Å². The van der Waals surface area contributed by atoms with Gasteiger partial charge in [-0.25, -0.2) is 0 Å². The van der Waals surface area contributed by atoms with Crippen LogP contribution in [-0.4, -0.2) is 30.6 Å². The summed E-state index contributed by atoms with van der Waals surface area (Å²) in [5.41, 5.74) is 1.14. The molecule has 4 rings (SSSR count). The molecular formula is C27H24ClN3O6S. The van der Waals surface area contributed by atoms with Crippen molar-refractivity contribution in [3.8, 4) is 11.5 Å². The first-order valence-electron chi connectivity index (χ1n) is 11.6. The summed E-state index contributed by atoms with van der Waals surface area (Å²) in [6.07, 6.45) is 0.299. The Morgan fingerprint density at radius 3 is 2.39 bits per heavy atom. The lowest BCUT2D eigenvalue weighted by Gasteiger charge is -2.12. The summed E-state index contributed by atoms with van der Waals surface area (Å²) in [5.74, 6) is -0.267. The number of aromatic hydroxyl groups is 1. The van der Waals surface area contributed by atoms with E-state index in [-0.39, 0.29) is 27.7 Å². The van der Waals surface area contributed by atoms with Crippen molar-refractivity contribution in [3.05, 3.63) is 82.9 Å². The molecule has 0 aliphatic carbocycles. The molecule has 196 valence electrons. The standard InChI is InChI=1S/C27H24ClN3O6S/c1-3-19-22(13-14-23(24(19)28)38(34,35)36)30-31-25-20-8-6-5-7-16(20)15-21(26(25)32)27(33)29-17-9-11-18(12-10-17)37-4-2/h5-15,32H,3-4H2,1-2H3,(H,29,33)(H,34,35,36). The van der Waals surface area contributed by atoms with Crippen LogP contribution in [-0.2, 0) is 16.5 Å². The molecule has 0 unspecified atom stereocenters. The van der Waals surface area contributed by atoms with Crippen molar-refractivity contribution in [2.45, 2.75) is 25.2 Å². The highest BCUT2D eigenvalue weighted by atomic mass is 35.5. The van der Waals surface area contributed by atoms with Crippen LogP contribution < -0.4 is 10.1 Å². The number of benzene rings is 4. The quantitative estimate of drug-likeness (QED) is 0.157. The number of phenols is 1. The van der Waals surface area contributed by atoms with Crippen LogP contribution in [0.5, 0.6) is 11.5 Å². The molecule has 0 atom stereocenters. The molecule has 0 spiro atoms. The van der Waals surface area contributed by atoms with Crippen LogP contribution >= 0.6 is 11.6 Å². The molecule has 0 bridgehead atoms. The minimum absolute atomic E-state index is 0.0120. The third-order valence-corrected chi connectivity index (χ3v) is 7.18. The fourth-order valence-corrected chi connectivity index (χ4v) is 5.09. The first-order chi connectivity index (χ1) is 18.1. The number of hydrogen-bond acceptors (Lipinski definition) is 7. The fraction of sp³-hybridized carbons (Fsp3) is 0.148. The molecule has 0 saturated carbocycles. The van der Waals surface area contributed by atoms with E-state index in [1.54, 1.807) is 61.5 Å². The third-order valence-electron chi connectivity index (χ3n) is 5.74. The molecule has 11 heteroatoms. The number of anilines is 1. The summed E-state index contributed by atoms with van der Waals surface area (Å²) in [5, 5.41) is 23.3. The Bertz CT molecular complexity index is 1650. The van der Waals surface area contributed by atoms with Crippen LogP contribution in [0.3, 0.4) is 0 Å². The van der Waals surface area contributed by atoms with Gasteiger partial charge in [-0.15, -0.1) is 5.11 Å². The molecule has 0 aromatic heterocycles. The Balaban J connectivity index is 1.75. The first-order valence-corrected chi connectivity index (χ1v) is 13.4. The van der Waals surface area contributed by atoms with Crippen molar-refractivity contribution >= 4 is 55.5 Å². The van der Waals surface area contributed by atoms with Crippen LogP contribution in [0.4, 0.5) is 17.1 Å². The zero-order valence-electron chi connectivity index (χ0n) is 20.5. The van der Waals surface area contributed by atoms with E-state index in [0.717, 1.165) is 6.07 Å². The second kappa shape index (κ2) is 11.2. The number of ether oxygens (including phenoxy) is 1. The van der Waals surface area contributed by atoms with Gasteiger partial charge in [-0.1, -0.05) is 42.8 Å². The molecular weight excluding hydrogens is 530 g/mol. The SMILES string of the molecule is CCOc1ccc(NC(=O)c2cc3ccccc3c(N=Nc3ccc(S(=O)(=O)O)c(Cl)c3CC)c2O)cc1. The van der Waals surface area contributed by atoms with Crippen LogP contribution in [0.25, 0.3) is 10.8 Å². The van der Waals surface area contributed by atoms with Crippen molar-refractivity contribution < 1.29 is 27.6 Å². The Kier molecular flexibility index (Phi) is 7.96. The third kappa shape index (κ3) is 5.62. The maximum atomic E-state index is 13.1. The van der Waals surface area contributed by atoms with Gasteiger partial charge in [0.15, 0.2) is 5.75 Å². The summed E-state index contributed by atoms with van der Waals surface area (Å²) in [7, 11) is -4.53. The van der Waals surface area contributed by atoms with E-state index in [0.29, 0.717) is 40.8 Å². The molecule has 0 heterocycles. The predicted molar refractivity (Wildman–Crippen MR) is 146 cm³/mol.